The largest absolute Gasteiger partial charge is 0.491 e. The molecule has 0 aromatic carbocycles. The molecule has 1 aliphatic rings. The summed E-state index contributed by atoms with van der Waals surface area (Å²) in [5.41, 5.74) is 0. The Balaban J connectivity index is 3.10. The summed E-state index contributed by atoms with van der Waals surface area (Å²) in [4.78, 5) is 10.7. The Bertz CT molecular complexity index is 390. The summed E-state index contributed by atoms with van der Waals surface area (Å²) in [6.45, 7) is 0. The summed E-state index contributed by atoms with van der Waals surface area (Å²) in [6.07, 6.45) is -8.32. The van der Waals surface area contributed by atoms with Crippen LogP contribution in [0.2, 0.25) is 0 Å². The van der Waals surface area contributed by atoms with E-state index in [0.717, 1.165) is 0 Å². The Kier molecular flexibility index (Phi) is 3.83. The van der Waals surface area contributed by atoms with Gasteiger partial charge in [-0.25, -0.2) is 8.78 Å². The molecule has 0 fully saturated rings. The molecule has 0 radical (unpaired) electrons. The van der Waals surface area contributed by atoms with Crippen LogP contribution in [-0.4, -0.2) is 36.1 Å². The predicted octanol–water partition coefficient (Wildman–Crippen LogP) is 3.03. The summed E-state index contributed by atoms with van der Waals surface area (Å²) in [7, 11) is 0. The standard InChI is InChI=1S/C9H6F8O2/c10-6(11)8(14,15)9(16,17)7(12,13)5-3-4(18)1-2-19-5/h1-2,5-6H,3H2. The molecule has 1 rings (SSSR count). The number of alkyl halides is 8. The van der Waals surface area contributed by atoms with E-state index in [9.17, 15) is 39.9 Å². The van der Waals surface area contributed by atoms with Gasteiger partial charge in [0.05, 0.1) is 12.7 Å². The fraction of sp³-hybridized carbons (Fsp3) is 0.667. The van der Waals surface area contributed by atoms with Crippen molar-refractivity contribution in [3.8, 4) is 0 Å². The maximum atomic E-state index is 13.2. The van der Waals surface area contributed by atoms with Gasteiger partial charge in [-0.05, 0) is 0 Å². The molecule has 0 aliphatic carbocycles. The van der Waals surface area contributed by atoms with Crippen LogP contribution >= 0.6 is 0 Å². The fourth-order valence-electron chi connectivity index (χ4n) is 1.28. The zero-order valence-electron chi connectivity index (χ0n) is 8.86. The number of allylic oxidation sites excluding steroid dienone is 1. The molecular formula is C9H6F8O2. The van der Waals surface area contributed by atoms with Crippen LogP contribution in [-0.2, 0) is 9.53 Å². The third kappa shape index (κ3) is 2.39. The van der Waals surface area contributed by atoms with E-state index in [1.165, 1.54) is 0 Å². The van der Waals surface area contributed by atoms with Crippen LogP contribution in [0.3, 0.4) is 0 Å². The van der Waals surface area contributed by atoms with Gasteiger partial charge in [-0.1, -0.05) is 0 Å². The summed E-state index contributed by atoms with van der Waals surface area (Å²) in [5, 5.41) is 0. The van der Waals surface area contributed by atoms with Gasteiger partial charge in [0.15, 0.2) is 11.9 Å². The van der Waals surface area contributed by atoms with Crippen LogP contribution < -0.4 is 0 Å². The van der Waals surface area contributed by atoms with Gasteiger partial charge in [0.25, 0.3) is 0 Å². The van der Waals surface area contributed by atoms with Gasteiger partial charge in [0.2, 0.25) is 0 Å². The molecule has 2 nitrogen and oxygen atoms in total. The van der Waals surface area contributed by atoms with E-state index < -0.39 is 42.5 Å². The third-order valence-corrected chi connectivity index (χ3v) is 2.40. The molecule has 0 spiro atoms. The van der Waals surface area contributed by atoms with E-state index in [4.69, 9.17) is 0 Å². The van der Waals surface area contributed by atoms with E-state index in [1.54, 1.807) is 0 Å². The van der Waals surface area contributed by atoms with Crippen LogP contribution in [0.4, 0.5) is 35.1 Å². The van der Waals surface area contributed by atoms with Crippen molar-refractivity contribution in [1.82, 2.24) is 0 Å². The Morgan fingerprint density at radius 1 is 1.16 bits per heavy atom. The molecule has 0 aromatic rings. The Hall–Kier alpha value is -1.35. The van der Waals surface area contributed by atoms with Crippen molar-refractivity contribution in [3.05, 3.63) is 12.3 Å². The molecule has 0 amide bonds. The van der Waals surface area contributed by atoms with Crippen molar-refractivity contribution in [2.75, 3.05) is 0 Å². The highest BCUT2D eigenvalue weighted by molar-refractivity contribution is 5.90. The Morgan fingerprint density at radius 2 is 1.68 bits per heavy atom. The highest BCUT2D eigenvalue weighted by Crippen LogP contribution is 2.51. The van der Waals surface area contributed by atoms with Gasteiger partial charge in [-0.15, -0.1) is 0 Å². The topological polar surface area (TPSA) is 26.3 Å². The van der Waals surface area contributed by atoms with Crippen molar-refractivity contribution in [3.63, 3.8) is 0 Å². The van der Waals surface area contributed by atoms with Gasteiger partial charge in [0.1, 0.15) is 0 Å². The van der Waals surface area contributed by atoms with Gasteiger partial charge < -0.3 is 4.74 Å². The monoisotopic (exact) mass is 298 g/mol. The van der Waals surface area contributed by atoms with Crippen molar-refractivity contribution in [2.45, 2.75) is 36.7 Å². The maximum absolute atomic E-state index is 13.2. The Labute approximate surface area is 101 Å². The van der Waals surface area contributed by atoms with Crippen LogP contribution in [0.15, 0.2) is 12.3 Å². The number of rotatable bonds is 4. The molecule has 0 aromatic heterocycles. The second kappa shape index (κ2) is 4.64. The molecule has 1 unspecified atom stereocenters. The third-order valence-electron chi connectivity index (χ3n) is 2.40. The highest BCUT2D eigenvalue weighted by Gasteiger charge is 2.78. The van der Waals surface area contributed by atoms with Crippen molar-refractivity contribution in [1.29, 1.82) is 0 Å². The smallest absolute Gasteiger partial charge is 0.381 e. The van der Waals surface area contributed by atoms with Gasteiger partial charge >= 0.3 is 24.2 Å². The van der Waals surface area contributed by atoms with E-state index in [1.807, 2.05) is 0 Å². The molecule has 10 heteroatoms. The van der Waals surface area contributed by atoms with Crippen molar-refractivity contribution >= 4 is 5.78 Å². The first kappa shape index (κ1) is 15.7. The molecular weight excluding hydrogens is 292 g/mol. The number of carbonyl (C=O) groups excluding carboxylic acids is 1. The molecule has 0 bridgehead atoms. The molecule has 19 heavy (non-hydrogen) atoms. The van der Waals surface area contributed by atoms with Gasteiger partial charge in [0, 0.05) is 6.08 Å². The lowest BCUT2D eigenvalue weighted by Gasteiger charge is -2.36. The lowest BCUT2D eigenvalue weighted by Crippen LogP contribution is -2.62. The first-order valence-corrected chi connectivity index (χ1v) is 4.71. The summed E-state index contributed by atoms with van der Waals surface area (Å²) in [6, 6.07) is 0. The average Bonchev–Trinajstić information content (AvgIpc) is 2.28. The number of carbonyl (C=O) groups is 1. The zero-order chi connectivity index (χ0) is 15.1. The van der Waals surface area contributed by atoms with E-state index in [2.05, 4.69) is 4.74 Å². The second-order valence-electron chi connectivity index (χ2n) is 3.72. The number of hydrogen-bond acceptors (Lipinski definition) is 2. The normalized spacial score (nSPS) is 21.7. The highest BCUT2D eigenvalue weighted by atomic mass is 19.4. The quantitative estimate of drug-likeness (QED) is 0.746. The molecule has 0 saturated heterocycles. The second-order valence-corrected chi connectivity index (χ2v) is 3.72. The molecule has 0 N–H and O–H groups in total. The SMILES string of the molecule is O=C1C=COC(C(F)(F)C(F)(F)C(F)(F)C(F)F)C1. The van der Waals surface area contributed by atoms with Crippen LogP contribution in [0.25, 0.3) is 0 Å². The van der Waals surface area contributed by atoms with Crippen LogP contribution in [0.1, 0.15) is 6.42 Å². The summed E-state index contributed by atoms with van der Waals surface area (Å²) >= 11 is 0. The lowest BCUT2D eigenvalue weighted by atomic mass is 9.95. The summed E-state index contributed by atoms with van der Waals surface area (Å²) < 4.78 is 105. The van der Waals surface area contributed by atoms with Crippen molar-refractivity contribution < 1.29 is 44.7 Å². The van der Waals surface area contributed by atoms with Crippen LogP contribution in [0.5, 0.6) is 0 Å². The number of halogens is 8. The first-order chi connectivity index (χ1) is 8.44. The van der Waals surface area contributed by atoms with Gasteiger partial charge in [-0.2, -0.15) is 26.3 Å². The van der Waals surface area contributed by atoms with Crippen LogP contribution in [0, 0.1) is 0 Å². The molecule has 1 aliphatic heterocycles. The maximum Gasteiger partial charge on any atom is 0.381 e. The number of hydrogen-bond donors (Lipinski definition) is 0. The minimum absolute atomic E-state index is 0.320. The fourth-order valence-corrected chi connectivity index (χ4v) is 1.28. The first-order valence-electron chi connectivity index (χ1n) is 4.71. The van der Waals surface area contributed by atoms with E-state index in [0.29, 0.717) is 12.3 Å². The average molecular weight is 298 g/mol. The molecule has 1 atom stereocenters. The minimum Gasteiger partial charge on any atom is -0.491 e. The predicted molar refractivity (Wildman–Crippen MR) is 44.5 cm³/mol. The van der Waals surface area contributed by atoms with E-state index >= 15 is 0 Å². The zero-order valence-corrected chi connectivity index (χ0v) is 8.86. The number of ketones is 1. The molecule has 110 valence electrons. The van der Waals surface area contributed by atoms with Crippen molar-refractivity contribution in [2.24, 2.45) is 0 Å². The summed E-state index contributed by atoms with van der Waals surface area (Å²) in [5.74, 6) is -19.4. The number of ether oxygens (including phenoxy) is 1. The molecule has 0 saturated carbocycles. The Morgan fingerprint density at radius 3 is 2.11 bits per heavy atom. The molecule has 1 heterocycles. The van der Waals surface area contributed by atoms with Gasteiger partial charge in [-0.3, -0.25) is 4.79 Å². The minimum atomic E-state index is -6.37. The lowest BCUT2D eigenvalue weighted by molar-refractivity contribution is -0.356. The van der Waals surface area contributed by atoms with E-state index in [-0.39, 0.29) is 0 Å².